The van der Waals surface area contributed by atoms with Crippen LogP contribution in [0.5, 0.6) is 0 Å². The molecule has 1 aliphatic heterocycles. The van der Waals surface area contributed by atoms with Gasteiger partial charge >= 0.3 is 0 Å². The molecule has 0 spiro atoms. The summed E-state index contributed by atoms with van der Waals surface area (Å²) in [6, 6.07) is 6.36. The predicted molar refractivity (Wildman–Crippen MR) is 69.6 cm³/mol. The van der Waals surface area contributed by atoms with Crippen molar-refractivity contribution in [3.8, 4) is 0 Å². The molecule has 2 rings (SSSR count). The van der Waals surface area contributed by atoms with Crippen LogP contribution in [0, 0.1) is 5.82 Å². The van der Waals surface area contributed by atoms with Gasteiger partial charge in [-0.3, -0.25) is 0 Å². The topological polar surface area (TPSA) is 46.2 Å². The van der Waals surface area contributed by atoms with Gasteiger partial charge in [-0.2, -0.15) is 0 Å². The predicted octanol–water partition coefficient (Wildman–Crippen LogP) is 2.05. The van der Waals surface area contributed by atoms with E-state index in [1.54, 1.807) is 18.2 Å². The first-order valence-electron chi connectivity index (χ1n) is 6.04. The first-order valence-corrected chi connectivity index (χ1v) is 7.86. The molecule has 1 fully saturated rings. The molecular formula is C13H18FNO2S. The van der Waals surface area contributed by atoms with Crippen molar-refractivity contribution in [2.45, 2.75) is 31.8 Å². The Bertz CT molecular complexity index is 544. The van der Waals surface area contributed by atoms with Crippen LogP contribution in [0.15, 0.2) is 24.3 Å². The molecule has 0 bridgehead atoms. The van der Waals surface area contributed by atoms with Gasteiger partial charge in [-0.1, -0.05) is 18.2 Å². The van der Waals surface area contributed by atoms with E-state index in [-0.39, 0.29) is 23.4 Å². The van der Waals surface area contributed by atoms with E-state index < -0.39 is 15.4 Å². The van der Waals surface area contributed by atoms with Gasteiger partial charge in [0.1, 0.15) is 5.82 Å². The minimum atomic E-state index is -2.95. The molecule has 0 aliphatic carbocycles. The van der Waals surface area contributed by atoms with Gasteiger partial charge in [0, 0.05) is 17.1 Å². The summed E-state index contributed by atoms with van der Waals surface area (Å²) >= 11 is 0. The first-order chi connectivity index (χ1) is 8.31. The van der Waals surface area contributed by atoms with Crippen LogP contribution in [0.4, 0.5) is 4.39 Å². The lowest BCUT2D eigenvalue weighted by atomic mass is 9.98. The second-order valence-corrected chi connectivity index (χ2v) is 7.47. The first kappa shape index (κ1) is 13.5. The highest BCUT2D eigenvalue weighted by Crippen LogP contribution is 2.27. The smallest absolute Gasteiger partial charge is 0.152 e. The van der Waals surface area contributed by atoms with Crippen molar-refractivity contribution >= 4 is 9.84 Å². The van der Waals surface area contributed by atoms with Gasteiger partial charge in [-0.05, 0) is 26.3 Å². The molecule has 2 atom stereocenters. The van der Waals surface area contributed by atoms with Crippen LogP contribution < -0.4 is 5.32 Å². The third kappa shape index (κ3) is 2.90. The van der Waals surface area contributed by atoms with Crippen molar-refractivity contribution in [1.29, 1.82) is 0 Å². The number of sulfone groups is 1. The van der Waals surface area contributed by atoms with Crippen LogP contribution in [0.1, 0.15) is 31.9 Å². The highest BCUT2D eigenvalue weighted by molar-refractivity contribution is 7.91. The highest BCUT2D eigenvalue weighted by atomic mass is 32.2. The van der Waals surface area contributed by atoms with E-state index in [1.807, 2.05) is 13.8 Å². The van der Waals surface area contributed by atoms with E-state index in [0.29, 0.717) is 12.0 Å². The van der Waals surface area contributed by atoms with Gasteiger partial charge < -0.3 is 5.32 Å². The molecule has 5 heteroatoms. The van der Waals surface area contributed by atoms with Crippen molar-refractivity contribution in [3.05, 3.63) is 35.6 Å². The summed E-state index contributed by atoms with van der Waals surface area (Å²) in [5, 5.41) is 3.25. The standard InChI is InChI=1S/C13H18FNO2S/c1-10(11-5-3-4-6-12(11)14)15-13(2)7-8-18(16,17)9-13/h3-6,10,15H,7-9H2,1-2H3. The lowest BCUT2D eigenvalue weighted by Gasteiger charge is -2.29. The van der Waals surface area contributed by atoms with Crippen molar-refractivity contribution in [2.75, 3.05) is 11.5 Å². The Morgan fingerprint density at radius 1 is 1.39 bits per heavy atom. The largest absolute Gasteiger partial charge is 0.304 e. The quantitative estimate of drug-likeness (QED) is 0.915. The van der Waals surface area contributed by atoms with Gasteiger partial charge in [0.25, 0.3) is 0 Å². The molecule has 2 unspecified atom stereocenters. The normalized spacial score (nSPS) is 28.2. The SMILES string of the molecule is CC(NC1(C)CCS(=O)(=O)C1)c1ccccc1F. The van der Waals surface area contributed by atoms with Crippen LogP contribution in [0.3, 0.4) is 0 Å². The van der Waals surface area contributed by atoms with Gasteiger partial charge in [0.05, 0.1) is 11.5 Å². The van der Waals surface area contributed by atoms with Gasteiger partial charge in [0.15, 0.2) is 9.84 Å². The van der Waals surface area contributed by atoms with Crippen LogP contribution in [-0.4, -0.2) is 25.5 Å². The second kappa shape index (κ2) is 4.63. The Balaban J connectivity index is 2.13. The molecule has 3 nitrogen and oxygen atoms in total. The van der Waals surface area contributed by atoms with Crippen LogP contribution in [0.2, 0.25) is 0 Å². The van der Waals surface area contributed by atoms with E-state index in [9.17, 15) is 12.8 Å². The summed E-state index contributed by atoms with van der Waals surface area (Å²) in [5.74, 6) is 0.0705. The molecule has 1 aromatic rings. The maximum Gasteiger partial charge on any atom is 0.152 e. The number of halogens is 1. The summed E-state index contributed by atoms with van der Waals surface area (Å²) in [5.41, 5.74) is 0.114. The zero-order chi connectivity index (χ0) is 13.4. The fraction of sp³-hybridized carbons (Fsp3) is 0.538. The van der Waals surface area contributed by atoms with Crippen LogP contribution >= 0.6 is 0 Å². The lowest BCUT2D eigenvalue weighted by Crippen LogP contribution is -2.44. The molecule has 1 aromatic carbocycles. The Morgan fingerprint density at radius 2 is 2.06 bits per heavy atom. The fourth-order valence-corrected chi connectivity index (χ4v) is 4.66. The van der Waals surface area contributed by atoms with Crippen molar-refractivity contribution in [2.24, 2.45) is 0 Å². The van der Waals surface area contributed by atoms with E-state index in [0.717, 1.165) is 0 Å². The Kier molecular flexibility index (Phi) is 3.47. The molecule has 18 heavy (non-hydrogen) atoms. The number of benzene rings is 1. The van der Waals surface area contributed by atoms with E-state index in [2.05, 4.69) is 5.32 Å². The van der Waals surface area contributed by atoms with E-state index >= 15 is 0 Å². The van der Waals surface area contributed by atoms with Crippen molar-refractivity contribution in [1.82, 2.24) is 5.32 Å². The average molecular weight is 271 g/mol. The summed E-state index contributed by atoms with van der Waals surface area (Å²) < 4.78 is 36.7. The lowest BCUT2D eigenvalue weighted by molar-refractivity contribution is 0.350. The molecule has 0 radical (unpaired) electrons. The fourth-order valence-electron chi connectivity index (χ4n) is 2.55. The van der Waals surface area contributed by atoms with Gasteiger partial charge in [0.2, 0.25) is 0 Å². The molecule has 1 aliphatic rings. The Hall–Kier alpha value is -0.940. The van der Waals surface area contributed by atoms with Crippen LogP contribution in [-0.2, 0) is 9.84 Å². The monoisotopic (exact) mass is 271 g/mol. The third-order valence-electron chi connectivity index (χ3n) is 3.44. The molecule has 100 valence electrons. The highest BCUT2D eigenvalue weighted by Gasteiger charge is 2.39. The van der Waals surface area contributed by atoms with Crippen LogP contribution in [0.25, 0.3) is 0 Å². The summed E-state index contributed by atoms with van der Waals surface area (Å²) in [4.78, 5) is 0. The Labute approximate surface area is 107 Å². The minimum absolute atomic E-state index is 0.124. The number of nitrogens with one attached hydrogen (secondary N) is 1. The summed E-state index contributed by atoms with van der Waals surface area (Å²) in [6.45, 7) is 3.74. The summed E-state index contributed by atoms with van der Waals surface area (Å²) in [6.07, 6.45) is 0.578. The zero-order valence-corrected chi connectivity index (χ0v) is 11.4. The maximum atomic E-state index is 13.6. The van der Waals surface area contributed by atoms with Crippen molar-refractivity contribution in [3.63, 3.8) is 0 Å². The second-order valence-electron chi connectivity index (χ2n) is 5.29. The van der Waals surface area contributed by atoms with Gasteiger partial charge in [-0.15, -0.1) is 0 Å². The number of rotatable bonds is 3. The number of hydrogen-bond donors (Lipinski definition) is 1. The Morgan fingerprint density at radius 3 is 2.61 bits per heavy atom. The molecule has 0 aromatic heterocycles. The van der Waals surface area contributed by atoms with E-state index in [4.69, 9.17) is 0 Å². The summed E-state index contributed by atoms with van der Waals surface area (Å²) in [7, 11) is -2.95. The maximum absolute atomic E-state index is 13.6. The zero-order valence-electron chi connectivity index (χ0n) is 10.6. The minimum Gasteiger partial charge on any atom is -0.304 e. The molecule has 1 N–H and O–H groups in total. The van der Waals surface area contributed by atoms with E-state index in [1.165, 1.54) is 6.07 Å². The average Bonchev–Trinajstić information content (AvgIpc) is 2.53. The molecular weight excluding hydrogens is 253 g/mol. The molecule has 0 saturated carbocycles. The molecule has 1 heterocycles. The molecule has 1 saturated heterocycles. The number of hydrogen-bond acceptors (Lipinski definition) is 3. The molecule has 0 amide bonds. The van der Waals surface area contributed by atoms with Gasteiger partial charge in [-0.25, -0.2) is 12.8 Å². The third-order valence-corrected chi connectivity index (χ3v) is 5.34. The van der Waals surface area contributed by atoms with Crippen molar-refractivity contribution < 1.29 is 12.8 Å².